The number of hydrogen-bond donors (Lipinski definition) is 2. The third-order valence-corrected chi connectivity index (χ3v) is 4.01. The van der Waals surface area contributed by atoms with Crippen molar-refractivity contribution in [3.05, 3.63) is 53.7 Å². The number of aromatic carboxylic acids is 1. The zero-order chi connectivity index (χ0) is 14.8. The Balaban J connectivity index is 2.14. The Hall–Kier alpha value is -2.73. The van der Waals surface area contributed by atoms with E-state index in [0.717, 1.165) is 22.5 Å². The number of hydrogen-bond acceptors (Lipinski definition) is 5. The Morgan fingerprint density at radius 2 is 1.90 bits per heavy atom. The van der Waals surface area contributed by atoms with Crippen LogP contribution in [0.15, 0.2) is 48.8 Å². The average Bonchev–Trinajstić information content (AvgIpc) is 2.94. The monoisotopic (exact) mass is 297 g/mol. The number of carboxylic acids is 1. The first-order chi connectivity index (χ1) is 10.1. The number of carbonyl (C=O) groups is 1. The molecule has 0 spiro atoms. The Kier molecular flexibility index (Phi) is 3.37. The summed E-state index contributed by atoms with van der Waals surface area (Å²) < 4.78 is 0. The lowest BCUT2D eigenvalue weighted by atomic mass is 10.1. The van der Waals surface area contributed by atoms with E-state index in [1.54, 1.807) is 42.7 Å². The van der Waals surface area contributed by atoms with Crippen LogP contribution in [0, 0.1) is 0 Å². The smallest absolute Gasteiger partial charge is 0.348 e. The van der Waals surface area contributed by atoms with Gasteiger partial charge in [0.1, 0.15) is 9.88 Å². The molecule has 2 aromatic heterocycles. The van der Waals surface area contributed by atoms with Gasteiger partial charge in [0.25, 0.3) is 0 Å². The minimum atomic E-state index is -0.991. The van der Waals surface area contributed by atoms with Gasteiger partial charge in [0.15, 0.2) is 0 Å². The number of carboxylic acid groups (broad SMARTS) is 1. The lowest BCUT2D eigenvalue weighted by Gasteiger charge is -1.99. The summed E-state index contributed by atoms with van der Waals surface area (Å²) in [4.78, 5) is 20.1. The number of anilines is 1. The molecule has 0 bridgehead atoms. The topological polar surface area (TPSA) is 89.1 Å². The lowest BCUT2D eigenvalue weighted by molar-refractivity contribution is 0.0702. The van der Waals surface area contributed by atoms with E-state index in [0.29, 0.717) is 16.4 Å². The summed E-state index contributed by atoms with van der Waals surface area (Å²) in [5.41, 5.74) is 8.26. The normalized spacial score (nSPS) is 10.5. The third-order valence-electron chi connectivity index (χ3n) is 2.91. The van der Waals surface area contributed by atoms with E-state index >= 15 is 0 Å². The quantitative estimate of drug-likeness (QED) is 0.725. The minimum Gasteiger partial charge on any atom is -0.477 e. The largest absolute Gasteiger partial charge is 0.477 e. The van der Waals surface area contributed by atoms with Gasteiger partial charge in [-0.05, 0) is 24.3 Å². The van der Waals surface area contributed by atoms with Gasteiger partial charge in [0.05, 0.1) is 5.69 Å². The number of thiazole rings is 1. The second-order valence-electron chi connectivity index (χ2n) is 4.37. The van der Waals surface area contributed by atoms with Crippen LogP contribution in [0.4, 0.5) is 5.69 Å². The minimum absolute atomic E-state index is 0.207. The summed E-state index contributed by atoms with van der Waals surface area (Å²) in [7, 11) is 0. The molecular formula is C15H11N3O2S. The highest BCUT2D eigenvalue weighted by Gasteiger charge is 2.19. The molecule has 6 heteroatoms. The first-order valence-corrected chi connectivity index (χ1v) is 6.97. The molecule has 21 heavy (non-hydrogen) atoms. The molecule has 0 amide bonds. The summed E-state index contributed by atoms with van der Waals surface area (Å²) in [6.07, 6.45) is 3.33. The summed E-state index contributed by atoms with van der Waals surface area (Å²) in [5, 5.41) is 10.0. The Bertz CT molecular complexity index is 782. The molecule has 3 N–H and O–H groups in total. The zero-order valence-electron chi connectivity index (χ0n) is 10.9. The Morgan fingerprint density at radius 1 is 1.14 bits per heavy atom. The van der Waals surface area contributed by atoms with Gasteiger partial charge in [-0.15, -0.1) is 11.3 Å². The van der Waals surface area contributed by atoms with Gasteiger partial charge in [0, 0.05) is 29.2 Å². The molecule has 3 rings (SSSR count). The van der Waals surface area contributed by atoms with E-state index in [-0.39, 0.29) is 4.88 Å². The molecule has 0 saturated carbocycles. The van der Waals surface area contributed by atoms with Crippen molar-refractivity contribution in [1.29, 1.82) is 0 Å². The molecule has 0 aliphatic rings. The summed E-state index contributed by atoms with van der Waals surface area (Å²) in [5.74, 6) is -0.991. The molecule has 0 saturated heterocycles. The fourth-order valence-electron chi connectivity index (χ4n) is 1.91. The number of benzene rings is 1. The van der Waals surface area contributed by atoms with Crippen LogP contribution in [0.25, 0.3) is 21.8 Å². The number of nitrogens with two attached hydrogens (primary N) is 1. The van der Waals surface area contributed by atoms with Gasteiger partial charge in [0.2, 0.25) is 0 Å². The molecule has 5 nitrogen and oxygen atoms in total. The van der Waals surface area contributed by atoms with Crippen molar-refractivity contribution in [3.63, 3.8) is 0 Å². The standard InChI is InChI=1S/C15H11N3O2S/c16-11-5-3-9(4-6-11)12-13(15(19)20)21-14(18-12)10-2-1-7-17-8-10/h1-8H,16H2,(H,19,20). The molecule has 1 aromatic carbocycles. The van der Waals surface area contributed by atoms with Crippen LogP contribution in [0.1, 0.15) is 9.67 Å². The first kappa shape index (κ1) is 13.3. The Morgan fingerprint density at radius 3 is 2.52 bits per heavy atom. The molecule has 0 aliphatic heterocycles. The number of pyridine rings is 1. The van der Waals surface area contributed by atoms with Gasteiger partial charge in [-0.1, -0.05) is 12.1 Å². The van der Waals surface area contributed by atoms with E-state index in [2.05, 4.69) is 9.97 Å². The molecule has 3 aromatic rings. The second kappa shape index (κ2) is 5.34. The van der Waals surface area contributed by atoms with Gasteiger partial charge >= 0.3 is 5.97 Å². The second-order valence-corrected chi connectivity index (χ2v) is 5.36. The highest BCUT2D eigenvalue weighted by molar-refractivity contribution is 7.17. The molecule has 104 valence electrons. The van der Waals surface area contributed by atoms with Crippen LogP contribution in [-0.2, 0) is 0 Å². The van der Waals surface area contributed by atoms with Crippen molar-refractivity contribution in [1.82, 2.24) is 9.97 Å². The van der Waals surface area contributed by atoms with Crippen LogP contribution >= 0.6 is 11.3 Å². The summed E-state index contributed by atoms with van der Waals surface area (Å²) >= 11 is 1.14. The summed E-state index contributed by atoms with van der Waals surface area (Å²) in [6, 6.07) is 10.6. The number of nitrogen functional groups attached to an aromatic ring is 1. The Labute approximate surface area is 124 Å². The highest BCUT2D eigenvalue weighted by atomic mass is 32.1. The summed E-state index contributed by atoms with van der Waals surface area (Å²) in [6.45, 7) is 0. The third kappa shape index (κ3) is 2.61. The molecule has 0 radical (unpaired) electrons. The van der Waals surface area contributed by atoms with Crippen molar-refractivity contribution >= 4 is 23.0 Å². The van der Waals surface area contributed by atoms with Crippen LogP contribution in [0.3, 0.4) is 0 Å². The molecular weight excluding hydrogens is 286 g/mol. The van der Waals surface area contributed by atoms with Crippen molar-refractivity contribution in [2.24, 2.45) is 0 Å². The molecule has 0 unspecified atom stereocenters. The van der Waals surface area contributed by atoms with Crippen LogP contribution < -0.4 is 5.73 Å². The van der Waals surface area contributed by atoms with Gasteiger partial charge in [-0.3, -0.25) is 4.98 Å². The predicted octanol–water partition coefficient (Wildman–Crippen LogP) is 3.15. The predicted molar refractivity (Wildman–Crippen MR) is 82.2 cm³/mol. The van der Waals surface area contributed by atoms with Crippen molar-refractivity contribution in [3.8, 4) is 21.8 Å². The maximum atomic E-state index is 11.4. The van der Waals surface area contributed by atoms with Gasteiger partial charge in [-0.25, -0.2) is 9.78 Å². The average molecular weight is 297 g/mol. The van der Waals surface area contributed by atoms with E-state index in [4.69, 9.17) is 5.73 Å². The maximum absolute atomic E-state index is 11.4. The molecule has 0 fully saturated rings. The maximum Gasteiger partial charge on any atom is 0.348 e. The van der Waals surface area contributed by atoms with Crippen molar-refractivity contribution < 1.29 is 9.90 Å². The van der Waals surface area contributed by atoms with Crippen LogP contribution in [0.5, 0.6) is 0 Å². The van der Waals surface area contributed by atoms with E-state index in [1.165, 1.54) is 0 Å². The highest BCUT2D eigenvalue weighted by Crippen LogP contribution is 2.33. The van der Waals surface area contributed by atoms with Crippen LogP contribution in [0.2, 0.25) is 0 Å². The SMILES string of the molecule is Nc1ccc(-c2nc(-c3cccnc3)sc2C(=O)O)cc1. The zero-order valence-corrected chi connectivity index (χ0v) is 11.7. The van der Waals surface area contributed by atoms with Gasteiger partial charge in [-0.2, -0.15) is 0 Å². The van der Waals surface area contributed by atoms with E-state index < -0.39 is 5.97 Å². The number of nitrogens with zero attached hydrogens (tertiary/aromatic N) is 2. The fourth-order valence-corrected chi connectivity index (χ4v) is 2.83. The molecule has 2 heterocycles. The number of rotatable bonds is 3. The van der Waals surface area contributed by atoms with E-state index in [9.17, 15) is 9.90 Å². The van der Waals surface area contributed by atoms with Crippen molar-refractivity contribution in [2.45, 2.75) is 0 Å². The molecule has 0 aliphatic carbocycles. The van der Waals surface area contributed by atoms with Gasteiger partial charge < -0.3 is 10.8 Å². The molecule has 0 atom stereocenters. The van der Waals surface area contributed by atoms with Crippen molar-refractivity contribution in [2.75, 3.05) is 5.73 Å². The van der Waals surface area contributed by atoms with E-state index in [1.807, 2.05) is 6.07 Å². The number of aromatic nitrogens is 2. The van der Waals surface area contributed by atoms with Crippen LogP contribution in [-0.4, -0.2) is 21.0 Å². The fraction of sp³-hybridized carbons (Fsp3) is 0. The lowest BCUT2D eigenvalue weighted by Crippen LogP contribution is -1.95. The first-order valence-electron chi connectivity index (χ1n) is 6.15.